The Labute approximate surface area is 239 Å². The molecule has 0 aliphatic heterocycles. The van der Waals surface area contributed by atoms with Crippen LogP contribution in [0.5, 0.6) is 0 Å². The van der Waals surface area contributed by atoms with E-state index in [4.69, 9.17) is 23.5 Å². The first kappa shape index (κ1) is 40.1. The maximum atomic E-state index is 12.0. The Bertz CT molecular complexity index is 828. The average molecular weight is 610 g/mol. The zero-order chi connectivity index (χ0) is 28.3. The van der Waals surface area contributed by atoms with Gasteiger partial charge in [0.1, 0.15) is 5.78 Å². The number of rotatable bonds is 18. The molecule has 0 aromatic carbocycles. The fourth-order valence-corrected chi connectivity index (χ4v) is 3.77. The number of furan rings is 1. The maximum absolute atomic E-state index is 12.0. The minimum Gasteiger partial charge on any atom is 0 e. The van der Waals surface area contributed by atoms with E-state index in [1.165, 1.54) is 57.1 Å². The van der Waals surface area contributed by atoms with Gasteiger partial charge in [-0.25, -0.2) is 23.4 Å². The van der Waals surface area contributed by atoms with Gasteiger partial charge in [0.25, 0.3) is 0 Å². The average Bonchev–Trinajstić information content (AvgIpc) is 3.65. The number of unbranched alkanes of at least 4 members (excludes halogenated alkanes) is 11. The van der Waals surface area contributed by atoms with Gasteiger partial charge in [0.05, 0.1) is 0 Å². The Balaban J connectivity index is -0.00000163. The molecule has 207 valence electrons. The molecule has 1 aliphatic rings. The van der Waals surface area contributed by atoms with Crippen LogP contribution in [0.15, 0.2) is 28.7 Å². The smallest absolute Gasteiger partial charge is 0 e. The molecule has 0 spiro atoms. The second-order valence-electron chi connectivity index (χ2n) is 8.23. The van der Waals surface area contributed by atoms with Gasteiger partial charge in [0.2, 0.25) is 5.76 Å². The van der Waals surface area contributed by atoms with Gasteiger partial charge < -0.3 is 14.3 Å². The molecule has 1 aromatic heterocycles. The summed E-state index contributed by atoms with van der Waals surface area (Å²) in [6.07, 6.45) is 22.5. The van der Waals surface area contributed by atoms with Crippen molar-refractivity contribution in [3.63, 3.8) is 0 Å². The number of carbonyl (C=O) groups is 3. The van der Waals surface area contributed by atoms with Gasteiger partial charge >= 0.3 is 39.9 Å². The van der Waals surface area contributed by atoms with Crippen LogP contribution in [0.1, 0.15) is 111 Å². The van der Waals surface area contributed by atoms with Crippen molar-refractivity contribution in [3.05, 3.63) is 74.5 Å². The van der Waals surface area contributed by atoms with Gasteiger partial charge in [-0.15, -0.1) is 0 Å². The SMILES string of the molecule is O=C(CCCCCCCCCCCCCCC(=O)c1ccc(C(=O)O)o1)[C]1[CH]C=C[CH-]1.[C-]#[O+].[C-]#[O+].[C-]#[O+].[Tc]. The predicted molar refractivity (Wildman–Crippen MR) is 132 cm³/mol. The summed E-state index contributed by atoms with van der Waals surface area (Å²) in [6.45, 7) is 13.5. The third-order valence-electron chi connectivity index (χ3n) is 5.63. The Morgan fingerprint density at radius 3 is 1.45 bits per heavy atom. The third-order valence-corrected chi connectivity index (χ3v) is 5.63. The summed E-state index contributed by atoms with van der Waals surface area (Å²) in [7, 11) is 0. The van der Waals surface area contributed by atoms with Crippen molar-refractivity contribution < 1.29 is 58.0 Å². The normalized spacial score (nSPS) is 11.1. The second kappa shape index (κ2) is 29.1. The molecule has 0 amide bonds. The van der Waals surface area contributed by atoms with Crippen molar-refractivity contribution in [2.75, 3.05) is 0 Å². The predicted octanol–water partition coefficient (Wildman–Crippen LogP) is 6.63. The zero-order valence-corrected chi connectivity index (χ0v) is 23.4. The van der Waals surface area contributed by atoms with Crippen molar-refractivity contribution in [2.45, 2.75) is 89.9 Å². The molecule has 1 N–H and O–H groups in total. The molecule has 9 heteroatoms. The molecule has 0 atom stereocenters. The molecule has 0 fully saturated rings. The van der Waals surface area contributed by atoms with E-state index in [0.717, 1.165) is 38.0 Å². The van der Waals surface area contributed by atoms with E-state index in [1.54, 1.807) is 0 Å². The Morgan fingerprint density at radius 1 is 0.684 bits per heavy atom. The number of allylic oxidation sites excluding steroid dienone is 2. The van der Waals surface area contributed by atoms with Crippen LogP contribution < -0.4 is 0 Å². The number of aromatic carboxylic acids is 1. The largest absolute Gasteiger partial charge is 0 e. The molecule has 1 heterocycles. The number of hydrogen-bond acceptors (Lipinski definition) is 4. The molecule has 2 rings (SSSR count). The quantitative estimate of drug-likeness (QED) is 0.0860. The molecule has 0 bridgehead atoms. The van der Waals surface area contributed by atoms with E-state index in [1.807, 2.05) is 25.0 Å². The molecule has 8 nitrogen and oxygen atoms in total. The molecule has 1 aromatic rings. The minimum absolute atomic E-state index is 0. The maximum Gasteiger partial charge on any atom is 0 e. The van der Waals surface area contributed by atoms with Gasteiger partial charge in [-0.3, -0.25) is 4.79 Å². The van der Waals surface area contributed by atoms with Crippen LogP contribution in [-0.2, 0) is 38.9 Å². The number of Topliss-reactive ketones (excluding diaryl/α,β-unsaturated/α-hetero) is 2. The molecule has 0 saturated heterocycles. The number of carboxylic acid groups (broad SMARTS) is 1. The molecule has 0 saturated carbocycles. The van der Waals surface area contributed by atoms with Gasteiger partial charge in [-0.2, -0.15) is 0 Å². The third kappa shape index (κ3) is 19.7. The molecule has 38 heavy (non-hydrogen) atoms. The molecule has 3 radical (unpaired) electrons. The summed E-state index contributed by atoms with van der Waals surface area (Å²) in [5.74, 6) is -0.206. The first-order valence-corrected chi connectivity index (χ1v) is 12.3. The summed E-state index contributed by atoms with van der Waals surface area (Å²) < 4.78 is 27.5. The van der Waals surface area contributed by atoms with Crippen LogP contribution in [0, 0.1) is 38.7 Å². The summed E-state index contributed by atoms with van der Waals surface area (Å²) in [6, 6.07) is 2.76. The van der Waals surface area contributed by atoms with Gasteiger partial charge in [0.15, 0.2) is 11.5 Å². The van der Waals surface area contributed by atoms with Crippen molar-refractivity contribution in [3.8, 4) is 0 Å². The number of carbonyl (C=O) groups excluding carboxylic acids is 2. The first-order chi connectivity index (χ1) is 18.1. The Kier molecular flexibility index (Phi) is 30.7. The molecular weight excluding hydrogens is 574 g/mol. The van der Waals surface area contributed by atoms with Crippen molar-refractivity contribution >= 4 is 17.5 Å². The number of carboxylic acids is 1. The van der Waals surface area contributed by atoms with Gasteiger partial charge in [-0.1, -0.05) is 70.6 Å². The Hall–Kier alpha value is -2.43. The fraction of sp³-hybridized carbons (Fsp3) is 0.483. The standard InChI is InChI=1S/C26H35O5.3CO.Tc/c27-22(21-15-13-14-16-21)17-11-9-7-5-3-1-2-4-6-8-10-12-18-23(28)24-19-20-25(31-24)26(29)30;3*1-2;/h13-16,19-20H,1-12,17-18H2,(H,29,30);;;;/q-1;;;;. The van der Waals surface area contributed by atoms with Crippen LogP contribution >= 0.6 is 0 Å². The van der Waals surface area contributed by atoms with Crippen molar-refractivity contribution in [1.29, 1.82) is 0 Å². The summed E-state index contributed by atoms with van der Waals surface area (Å²) in [5, 5.41) is 8.81. The fourth-order valence-electron chi connectivity index (χ4n) is 3.77. The van der Waals surface area contributed by atoms with Crippen molar-refractivity contribution in [1.82, 2.24) is 0 Å². The molecule has 1 aliphatic carbocycles. The van der Waals surface area contributed by atoms with E-state index in [2.05, 4.69) is 20.0 Å². The van der Waals surface area contributed by atoms with E-state index in [0.29, 0.717) is 12.8 Å². The monoisotopic (exact) mass is 608 g/mol. The number of ketones is 2. The van der Waals surface area contributed by atoms with Crippen LogP contribution in [0.25, 0.3) is 0 Å². The van der Waals surface area contributed by atoms with E-state index in [-0.39, 0.29) is 43.2 Å². The van der Waals surface area contributed by atoms with Crippen LogP contribution in [-0.4, -0.2) is 22.6 Å². The van der Waals surface area contributed by atoms with Crippen LogP contribution in [0.3, 0.4) is 0 Å². The first-order valence-electron chi connectivity index (χ1n) is 12.3. The molecule has 0 unspecified atom stereocenters. The van der Waals surface area contributed by atoms with Gasteiger partial charge in [0, 0.05) is 32.9 Å². The van der Waals surface area contributed by atoms with E-state index in [9.17, 15) is 14.4 Å². The van der Waals surface area contributed by atoms with Gasteiger partial charge in [-0.05, 0) is 30.9 Å². The zero-order valence-electron chi connectivity index (χ0n) is 21.5. The minimum atomic E-state index is -1.15. The number of hydrogen-bond donors (Lipinski definition) is 1. The summed E-state index contributed by atoms with van der Waals surface area (Å²) in [4.78, 5) is 34.6. The van der Waals surface area contributed by atoms with Crippen molar-refractivity contribution in [2.24, 2.45) is 0 Å². The molecular formula is C29H35O8Tc-. The topological polar surface area (TPSA) is 144 Å². The Morgan fingerprint density at radius 2 is 1.08 bits per heavy atom. The van der Waals surface area contributed by atoms with E-state index < -0.39 is 5.97 Å². The summed E-state index contributed by atoms with van der Waals surface area (Å²) >= 11 is 0. The van der Waals surface area contributed by atoms with Crippen LogP contribution in [0.2, 0.25) is 0 Å². The van der Waals surface area contributed by atoms with E-state index >= 15 is 0 Å². The van der Waals surface area contributed by atoms with Crippen LogP contribution in [0.4, 0.5) is 0 Å². The second-order valence-corrected chi connectivity index (χ2v) is 8.23. The summed E-state index contributed by atoms with van der Waals surface area (Å²) in [5.41, 5.74) is 0.